The Balaban J connectivity index is 1.92. The van der Waals surface area contributed by atoms with Crippen LogP contribution < -0.4 is 5.01 Å². The highest BCUT2D eigenvalue weighted by atomic mass is 16.5. The van der Waals surface area contributed by atoms with E-state index in [0.29, 0.717) is 23.7 Å². The van der Waals surface area contributed by atoms with Crippen LogP contribution in [0.25, 0.3) is 0 Å². The Kier molecular flexibility index (Phi) is 3.81. The summed E-state index contributed by atoms with van der Waals surface area (Å²) in [5.74, 6) is 0.204. The molecule has 1 fully saturated rings. The molecule has 0 aromatic heterocycles. The van der Waals surface area contributed by atoms with Crippen molar-refractivity contribution in [3.8, 4) is 0 Å². The first-order valence-electron chi connectivity index (χ1n) is 7.10. The lowest BCUT2D eigenvalue weighted by atomic mass is 10.0. The second kappa shape index (κ2) is 5.91. The van der Waals surface area contributed by atoms with Crippen LogP contribution in [0.4, 0.5) is 5.69 Å². The van der Waals surface area contributed by atoms with Gasteiger partial charge in [0.25, 0.3) is 18.3 Å². The normalized spacial score (nSPS) is 21.0. The molecule has 0 radical (unpaired) electrons. The SMILES string of the molecule is O=COC1=NN(c2ccccc2)C(=O)C1=CC1CCCC1. The molecule has 0 atom stereocenters. The Bertz CT molecular complexity index is 601. The summed E-state index contributed by atoms with van der Waals surface area (Å²) < 4.78 is 4.89. The van der Waals surface area contributed by atoms with E-state index in [9.17, 15) is 9.59 Å². The highest BCUT2D eigenvalue weighted by molar-refractivity contribution is 6.28. The second-order valence-corrected chi connectivity index (χ2v) is 5.20. The number of rotatable bonds is 3. The highest BCUT2D eigenvalue weighted by Crippen LogP contribution is 2.30. The van der Waals surface area contributed by atoms with Crippen LogP contribution in [0, 0.1) is 5.92 Å². The smallest absolute Gasteiger partial charge is 0.299 e. The first-order valence-corrected chi connectivity index (χ1v) is 7.10. The summed E-state index contributed by atoms with van der Waals surface area (Å²) in [5, 5.41) is 5.41. The summed E-state index contributed by atoms with van der Waals surface area (Å²) in [4.78, 5) is 23.2. The third kappa shape index (κ3) is 2.72. The van der Waals surface area contributed by atoms with E-state index in [2.05, 4.69) is 5.10 Å². The highest BCUT2D eigenvalue weighted by Gasteiger charge is 2.33. The van der Waals surface area contributed by atoms with Crippen LogP contribution >= 0.6 is 0 Å². The number of hydrazone groups is 1. The second-order valence-electron chi connectivity index (χ2n) is 5.20. The monoisotopic (exact) mass is 284 g/mol. The van der Waals surface area contributed by atoms with E-state index in [1.165, 1.54) is 17.9 Å². The molecule has 0 bridgehead atoms. The average molecular weight is 284 g/mol. The third-order valence-electron chi connectivity index (χ3n) is 3.81. The number of ether oxygens (including phenoxy) is 1. The summed E-state index contributed by atoms with van der Waals surface area (Å²) >= 11 is 0. The van der Waals surface area contributed by atoms with E-state index in [-0.39, 0.29) is 11.8 Å². The maximum Gasteiger partial charge on any atom is 0.299 e. The lowest BCUT2D eigenvalue weighted by molar-refractivity contribution is -0.121. The van der Waals surface area contributed by atoms with Gasteiger partial charge in [0.2, 0.25) is 0 Å². The third-order valence-corrected chi connectivity index (χ3v) is 3.81. The fourth-order valence-electron chi connectivity index (χ4n) is 2.77. The molecule has 1 aliphatic heterocycles. The zero-order chi connectivity index (χ0) is 14.7. The van der Waals surface area contributed by atoms with Gasteiger partial charge in [-0.3, -0.25) is 9.59 Å². The van der Waals surface area contributed by atoms with Gasteiger partial charge < -0.3 is 4.74 Å². The van der Waals surface area contributed by atoms with Crippen molar-refractivity contribution in [2.24, 2.45) is 11.0 Å². The van der Waals surface area contributed by atoms with Crippen molar-refractivity contribution in [2.75, 3.05) is 5.01 Å². The minimum absolute atomic E-state index is 0.0887. The fourth-order valence-corrected chi connectivity index (χ4v) is 2.77. The van der Waals surface area contributed by atoms with Crippen LogP contribution in [0.15, 0.2) is 47.1 Å². The molecule has 0 saturated heterocycles. The molecule has 1 heterocycles. The molecule has 2 aliphatic rings. The van der Waals surface area contributed by atoms with Crippen molar-refractivity contribution in [1.82, 2.24) is 0 Å². The average Bonchev–Trinajstić information content (AvgIpc) is 3.12. The van der Waals surface area contributed by atoms with Crippen LogP contribution in [-0.4, -0.2) is 18.3 Å². The quantitative estimate of drug-likeness (QED) is 0.633. The molecule has 108 valence electrons. The van der Waals surface area contributed by atoms with Crippen molar-refractivity contribution >= 4 is 24.0 Å². The van der Waals surface area contributed by atoms with Gasteiger partial charge in [0.05, 0.1) is 5.69 Å². The first-order chi connectivity index (χ1) is 10.3. The van der Waals surface area contributed by atoms with Gasteiger partial charge in [0.15, 0.2) is 0 Å². The number of amides is 1. The molecule has 3 rings (SSSR count). The topological polar surface area (TPSA) is 59.0 Å². The van der Waals surface area contributed by atoms with Gasteiger partial charge in [-0.25, -0.2) is 0 Å². The number of carbonyl (C=O) groups excluding carboxylic acids is 2. The summed E-state index contributed by atoms with van der Waals surface area (Å²) in [6.07, 6.45) is 6.38. The minimum Gasteiger partial charge on any atom is -0.407 e. The minimum atomic E-state index is -0.245. The molecule has 0 spiro atoms. The van der Waals surface area contributed by atoms with Crippen LogP contribution in [0.1, 0.15) is 25.7 Å². The number of benzene rings is 1. The molecule has 1 aromatic rings. The Labute approximate surface area is 122 Å². The van der Waals surface area contributed by atoms with E-state index in [4.69, 9.17) is 4.74 Å². The molecule has 1 saturated carbocycles. The van der Waals surface area contributed by atoms with Gasteiger partial charge in [-0.05, 0) is 30.9 Å². The van der Waals surface area contributed by atoms with Crippen LogP contribution in [0.5, 0.6) is 0 Å². The van der Waals surface area contributed by atoms with Gasteiger partial charge >= 0.3 is 0 Å². The molecule has 5 heteroatoms. The van der Waals surface area contributed by atoms with Gasteiger partial charge in [-0.1, -0.05) is 37.1 Å². The summed E-state index contributed by atoms with van der Waals surface area (Å²) in [7, 11) is 0. The molecule has 1 aliphatic carbocycles. The van der Waals surface area contributed by atoms with Gasteiger partial charge in [0.1, 0.15) is 5.57 Å². The molecule has 5 nitrogen and oxygen atoms in total. The molecule has 0 N–H and O–H groups in total. The van der Waals surface area contributed by atoms with E-state index in [1.807, 2.05) is 24.3 Å². The van der Waals surface area contributed by atoms with Crippen molar-refractivity contribution in [2.45, 2.75) is 25.7 Å². The number of hydrogen-bond donors (Lipinski definition) is 0. The van der Waals surface area contributed by atoms with Gasteiger partial charge in [0, 0.05) is 0 Å². The number of allylic oxidation sites excluding steroid dienone is 1. The maximum atomic E-state index is 12.5. The zero-order valence-corrected chi connectivity index (χ0v) is 11.6. The molecule has 1 amide bonds. The summed E-state index contributed by atoms with van der Waals surface area (Å²) in [6, 6.07) is 9.11. The Morgan fingerprint density at radius 2 is 1.90 bits per heavy atom. The van der Waals surface area contributed by atoms with E-state index < -0.39 is 0 Å². The van der Waals surface area contributed by atoms with Gasteiger partial charge in [-0.2, -0.15) is 5.01 Å². The number of nitrogens with zero attached hydrogens (tertiary/aromatic N) is 2. The number of hydrogen-bond acceptors (Lipinski definition) is 4. The lowest BCUT2D eigenvalue weighted by Gasteiger charge is -2.10. The predicted octanol–water partition coefficient (Wildman–Crippen LogP) is 2.64. The number of para-hydroxylation sites is 1. The molecule has 0 unspecified atom stereocenters. The van der Waals surface area contributed by atoms with E-state index >= 15 is 0 Å². The first kappa shape index (κ1) is 13.5. The van der Waals surface area contributed by atoms with Gasteiger partial charge in [-0.15, -0.1) is 5.10 Å². The van der Waals surface area contributed by atoms with E-state index in [1.54, 1.807) is 12.1 Å². The summed E-state index contributed by atoms with van der Waals surface area (Å²) in [6.45, 7) is 0.309. The predicted molar refractivity (Wildman–Crippen MR) is 78.6 cm³/mol. The van der Waals surface area contributed by atoms with E-state index in [0.717, 1.165) is 12.8 Å². The van der Waals surface area contributed by atoms with Crippen LogP contribution in [-0.2, 0) is 14.3 Å². The van der Waals surface area contributed by atoms with Crippen molar-refractivity contribution < 1.29 is 14.3 Å². The Hall–Kier alpha value is -2.43. The van der Waals surface area contributed by atoms with Crippen molar-refractivity contribution in [1.29, 1.82) is 0 Å². The van der Waals surface area contributed by atoms with Crippen LogP contribution in [0.3, 0.4) is 0 Å². The van der Waals surface area contributed by atoms with Crippen LogP contribution in [0.2, 0.25) is 0 Å². The largest absolute Gasteiger partial charge is 0.407 e. The Morgan fingerprint density at radius 3 is 2.57 bits per heavy atom. The Morgan fingerprint density at radius 1 is 1.19 bits per heavy atom. The standard InChI is InChI=1S/C16H16N2O3/c19-11-21-15-14(10-12-6-4-5-7-12)16(20)18(17-15)13-8-2-1-3-9-13/h1-3,8-12H,4-7H2. The van der Waals surface area contributed by atoms with Crippen molar-refractivity contribution in [3.05, 3.63) is 42.0 Å². The fraction of sp³-hybridized carbons (Fsp3) is 0.312. The number of carbonyl (C=O) groups is 2. The molecule has 21 heavy (non-hydrogen) atoms. The zero-order valence-electron chi connectivity index (χ0n) is 11.6. The summed E-state index contributed by atoms with van der Waals surface area (Å²) in [5.41, 5.74) is 1.04. The molecular formula is C16H16N2O3. The molecule has 1 aromatic carbocycles. The molecular weight excluding hydrogens is 268 g/mol. The maximum absolute atomic E-state index is 12.5. The van der Waals surface area contributed by atoms with Crippen molar-refractivity contribution in [3.63, 3.8) is 0 Å². The number of anilines is 1. The lowest BCUT2D eigenvalue weighted by Crippen LogP contribution is -2.21.